The number of nitriles is 1. The van der Waals surface area contributed by atoms with Crippen molar-refractivity contribution in [2.45, 2.75) is 6.92 Å². The predicted molar refractivity (Wildman–Crippen MR) is 86.3 cm³/mol. The third-order valence-corrected chi connectivity index (χ3v) is 4.20. The van der Waals surface area contributed by atoms with E-state index in [-0.39, 0.29) is 5.91 Å². The second-order valence-corrected chi connectivity index (χ2v) is 5.68. The molecule has 2 aromatic rings. The number of carbonyl (C=O) groups excluding carboxylic acids is 1. The van der Waals surface area contributed by atoms with Gasteiger partial charge in [-0.15, -0.1) is 0 Å². The largest absolute Gasteiger partial charge is 0.497 e. The molecule has 1 aliphatic rings. The Bertz CT molecular complexity index is 874. The number of methoxy groups -OCH3 is 1. The number of thioether (sulfide) groups is 1. The maximum absolute atomic E-state index is 11.9. The number of rotatable bonds is 2. The fourth-order valence-electron chi connectivity index (χ4n) is 2.28. The summed E-state index contributed by atoms with van der Waals surface area (Å²) in [7, 11) is 1.61. The Kier molecular flexibility index (Phi) is 3.61. The number of hydrogen-bond donors (Lipinski definition) is 2. The van der Waals surface area contributed by atoms with Crippen LogP contribution in [0.2, 0.25) is 0 Å². The summed E-state index contributed by atoms with van der Waals surface area (Å²) in [6.45, 7) is 1.94. The van der Waals surface area contributed by atoms with Crippen molar-refractivity contribution in [3.05, 3.63) is 34.4 Å². The average Bonchev–Trinajstić information content (AvgIpc) is 3.00. The van der Waals surface area contributed by atoms with Crippen LogP contribution in [0.3, 0.4) is 0 Å². The number of aliphatic imine (C=N–C) groups is 1. The smallest absolute Gasteiger partial charge is 0.286 e. The molecule has 1 aromatic carbocycles. The molecule has 0 radical (unpaired) electrons. The number of aryl methyl sites for hydroxylation is 1. The quantitative estimate of drug-likeness (QED) is 0.505. The first-order valence-corrected chi connectivity index (χ1v) is 7.28. The standard InChI is InChI=1S/C15H12N4O2S/c1-8-10(6-13-14(20)19-15(22-13)17-7-16)11-5-9(21-2)3-4-12(11)18-8/h3-6,18H,1-2H3,(H,17,19,20). The van der Waals surface area contributed by atoms with Gasteiger partial charge in [-0.2, -0.15) is 10.3 Å². The third kappa shape index (κ3) is 2.44. The van der Waals surface area contributed by atoms with Gasteiger partial charge in [-0.25, -0.2) is 0 Å². The van der Waals surface area contributed by atoms with Gasteiger partial charge in [0.05, 0.1) is 12.0 Å². The van der Waals surface area contributed by atoms with Gasteiger partial charge in [0.15, 0.2) is 11.4 Å². The molecule has 0 spiro atoms. The van der Waals surface area contributed by atoms with Crippen molar-refractivity contribution in [1.29, 1.82) is 5.26 Å². The van der Waals surface area contributed by atoms with Crippen molar-refractivity contribution in [3.8, 4) is 11.9 Å². The molecule has 3 rings (SSSR count). The summed E-state index contributed by atoms with van der Waals surface area (Å²) in [5.74, 6) is 0.402. The van der Waals surface area contributed by atoms with Crippen molar-refractivity contribution in [3.63, 3.8) is 0 Å². The second-order valence-electron chi connectivity index (χ2n) is 4.64. The lowest BCUT2D eigenvalue weighted by molar-refractivity contribution is -0.113. The number of H-pyrrole nitrogens is 1. The molecule has 1 aliphatic heterocycles. The summed E-state index contributed by atoms with van der Waals surface area (Å²) in [6.07, 6.45) is 3.55. The van der Waals surface area contributed by atoms with E-state index in [1.54, 1.807) is 19.4 Å². The number of aromatic nitrogens is 1. The monoisotopic (exact) mass is 312 g/mol. The van der Waals surface area contributed by atoms with Crippen LogP contribution in [0.15, 0.2) is 28.1 Å². The van der Waals surface area contributed by atoms with Crippen LogP contribution in [-0.4, -0.2) is 23.2 Å². The molecule has 0 atom stereocenters. The van der Waals surface area contributed by atoms with Crippen molar-refractivity contribution >= 4 is 39.8 Å². The Morgan fingerprint density at radius 2 is 2.32 bits per heavy atom. The zero-order valence-electron chi connectivity index (χ0n) is 11.9. The molecule has 0 unspecified atom stereocenters. The number of fused-ring (bicyclic) bond motifs is 1. The number of nitrogens with one attached hydrogen (secondary N) is 2. The first-order chi connectivity index (χ1) is 10.6. The fourth-order valence-corrected chi connectivity index (χ4v) is 3.02. The minimum atomic E-state index is -0.348. The molecule has 1 aromatic heterocycles. The SMILES string of the molecule is COc1ccc2[nH]c(C)c(C=C3SC(NC#N)=NC3=O)c2c1. The number of amides is 1. The number of carbonyl (C=O) groups is 1. The van der Waals surface area contributed by atoms with Crippen molar-refractivity contribution in [2.75, 3.05) is 7.11 Å². The molecule has 6 nitrogen and oxygen atoms in total. The van der Waals surface area contributed by atoms with Gasteiger partial charge in [0.25, 0.3) is 5.91 Å². The molecular formula is C15H12N4O2S. The van der Waals surface area contributed by atoms with Crippen molar-refractivity contribution < 1.29 is 9.53 Å². The van der Waals surface area contributed by atoms with Crippen LogP contribution in [0, 0.1) is 18.4 Å². The van der Waals surface area contributed by atoms with E-state index in [0.29, 0.717) is 10.1 Å². The second kappa shape index (κ2) is 5.58. The van der Waals surface area contributed by atoms with E-state index < -0.39 is 0 Å². The van der Waals surface area contributed by atoms with Gasteiger partial charge in [-0.05, 0) is 43.0 Å². The number of amidine groups is 1. The Morgan fingerprint density at radius 1 is 1.50 bits per heavy atom. The van der Waals surface area contributed by atoms with E-state index in [1.165, 1.54) is 0 Å². The van der Waals surface area contributed by atoms with Crippen LogP contribution < -0.4 is 10.1 Å². The molecule has 7 heteroatoms. The highest BCUT2D eigenvalue weighted by atomic mass is 32.2. The predicted octanol–water partition coefficient (Wildman–Crippen LogP) is 2.53. The van der Waals surface area contributed by atoms with Crippen LogP contribution in [0.5, 0.6) is 5.75 Å². The van der Waals surface area contributed by atoms with E-state index in [2.05, 4.69) is 15.3 Å². The molecule has 0 bridgehead atoms. The minimum absolute atomic E-state index is 0.300. The Labute approximate surface area is 130 Å². The highest BCUT2D eigenvalue weighted by molar-refractivity contribution is 8.18. The average molecular weight is 312 g/mol. The van der Waals surface area contributed by atoms with Crippen molar-refractivity contribution in [2.24, 2.45) is 4.99 Å². The van der Waals surface area contributed by atoms with Crippen LogP contribution in [0.1, 0.15) is 11.3 Å². The summed E-state index contributed by atoms with van der Waals surface area (Å²) in [5, 5.41) is 12.2. The Hall–Kier alpha value is -2.72. The fraction of sp³-hybridized carbons (Fsp3) is 0.133. The first-order valence-electron chi connectivity index (χ1n) is 6.46. The third-order valence-electron chi connectivity index (χ3n) is 3.30. The summed E-state index contributed by atoms with van der Waals surface area (Å²) < 4.78 is 5.25. The van der Waals surface area contributed by atoms with Gasteiger partial charge in [0.2, 0.25) is 0 Å². The van der Waals surface area contributed by atoms with E-state index in [1.807, 2.05) is 25.1 Å². The highest BCUT2D eigenvalue weighted by Crippen LogP contribution is 2.32. The topological polar surface area (TPSA) is 90.3 Å². The van der Waals surface area contributed by atoms with E-state index in [4.69, 9.17) is 10.00 Å². The maximum Gasteiger partial charge on any atom is 0.286 e. The number of aromatic amines is 1. The number of ether oxygens (including phenoxy) is 1. The van der Waals surface area contributed by atoms with E-state index >= 15 is 0 Å². The normalized spacial score (nSPS) is 16.0. The molecule has 2 N–H and O–H groups in total. The summed E-state index contributed by atoms with van der Waals surface area (Å²) in [6, 6.07) is 5.74. The zero-order chi connectivity index (χ0) is 15.7. The zero-order valence-corrected chi connectivity index (χ0v) is 12.7. The minimum Gasteiger partial charge on any atom is -0.497 e. The molecule has 0 aliphatic carbocycles. The number of benzene rings is 1. The molecule has 2 heterocycles. The lowest BCUT2D eigenvalue weighted by atomic mass is 10.1. The molecule has 22 heavy (non-hydrogen) atoms. The number of hydrogen-bond acceptors (Lipinski definition) is 5. The van der Waals surface area contributed by atoms with Crippen LogP contribution >= 0.6 is 11.8 Å². The van der Waals surface area contributed by atoms with Gasteiger partial charge >= 0.3 is 0 Å². The number of nitrogens with zero attached hydrogens (tertiary/aromatic N) is 2. The summed E-state index contributed by atoms with van der Waals surface area (Å²) >= 11 is 1.15. The molecule has 0 saturated heterocycles. The maximum atomic E-state index is 11.9. The molecule has 0 fully saturated rings. The van der Waals surface area contributed by atoms with Gasteiger partial charge in [0.1, 0.15) is 5.75 Å². The highest BCUT2D eigenvalue weighted by Gasteiger charge is 2.22. The van der Waals surface area contributed by atoms with E-state index in [9.17, 15) is 4.79 Å². The molecule has 0 saturated carbocycles. The molecular weight excluding hydrogens is 300 g/mol. The lowest BCUT2D eigenvalue weighted by Crippen LogP contribution is -2.10. The molecule has 110 valence electrons. The van der Waals surface area contributed by atoms with Gasteiger partial charge in [0, 0.05) is 22.2 Å². The van der Waals surface area contributed by atoms with Crippen LogP contribution in [0.25, 0.3) is 17.0 Å². The van der Waals surface area contributed by atoms with Crippen LogP contribution in [0.4, 0.5) is 0 Å². The first kappa shape index (κ1) is 14.2. The van der Waals surface area contributed by atoms with Crippen LogP contribution in [-0.2, 0) is 4.79 Å². The van der Waals surface area contributed by atoms with Gasteiger partial charge < -0.3 is 9.72 Å². The van der Waals surface area contributed by atoms with Gasteiger partial charge in [-0.3, -0.25) is 10.1 Å². The Balaban J connectivity index is 2.04. The lowest BCUT2D eigenvalue weighted by Gasteiger charge is -2.00. The van der Waals surface area contributed by atoms with Gasteiger partial charge in [-0.1, -0.05) is 0 Å². The summed E-state index contributed by atoms with van der Waals surface area (Å²) in [4.78, 5) is 19.4. The van der Waals surface area contributed by atoms with Crippen molar-refractivity contribution in [1.82, 2.24) is 10.3 Å². The van der Waals surface area contributed by atoms with E-state index in [0.717, 1.165) is 39.7 Å². The molecule has 1 amide bonds. The summed E-state index contributed by atoms with van der Waals surface area (Å²) in [5.41, 5.74) is 2.83. The Morgan fingerprint density at radius 3 is 3.05 bits per heavy atom.